The Bertz CT molecular complexity index is 501. The van der Waals surface area contributed by atoms with E-state index in [1.54, 1.807) is 6.92 Å². The van der Waals surface area contributed by atoms with Crippen LogP contribution in [0.3, 0.4) is 0 Å². The maximum atomic E-state index is 12.2. The summed E-state index contributed by atoms with van der Waals surface area (Å²) >= 11 is 0. The van der Waals surface area contributed by atoms with Crippen molar-refractivity contribution in [2.24, 2.45) is 5.92 Å². The Labute approximate surface area is 100 Å². The van der Waals surface area contributed by atoms with Gasteiger partial charge in [0.25, 0.3) is 10.0 Å². The minimum atomic E-state index is -3.59. The van der Waals surface area contributed by atoms with Crippen molar-refractivity contribution < 1.29 is 17.6 Å². The van der Waals surface area contributed by atoms with Gasteiger partial charge in [0, 0.05) is 13.1 Å². The molecular weight excluding hydrogens is 242 g/mol. The van der Waals surface area contributed by atoms with Gasteiger partial charge in [-0.1, -0.05) is 6.92 Å². The van der Waals surface area contributed by atoms with Crippen LogP contribution in [0.5, 0.6) is 0 Å². The van der Waals surface area contributed by atoms with Crippen molar-refractivity contribution in [3.8, 4) is 0 Å². The maximum Gasteiger partial charge on any atom is 0.276 e. The molecule has 0 radical (unpaired) electrons. The van der Waals surface area contributed by atoms with E-state index < -0.39 is 10.0 Å². The Morgan fingerprint density at radius 2 is 2.18 bits per heavy atom. The predicted octanol–water partition coefficient (Wildman–Crippen LogP) is 1.51. The van der Waals surface area contributed by atoms with E-state index in [9.17, 15) is 13.2 Å². The fourth-order valence-corrected chi connectivity index (χ4v) is 3.09. The molecule has 1 heterocycles. The van der Waals surface area contributed by atoms with Crippen LogP contribution in [0.4, 0.5) is 0 Å². The summed E-state index contributed by atoms with van der Waals surface area (Å²) in [6, 6.07) is 2.69. The number of aldehydes is 1. The molecular formula is C11H15NO4S. The number of carbonyl (C=O) groups is 1. The maximum absolute atomic E-state index is 12.2. The molecule has 0 unspecified atom stereocenters. The predicted molar refractivity (Wildman–Crippen MR) is 61.3 cm³/mol. The van der Waals surface area contributed by atoms with Crippen LogP contribution >= 0.6 is 0 Å². The monoisotopic (exact) mass is 257 g/mol. The number of nitrogens with zero attached hydrogens (tertiary/aromatic N) is 1. The minimum absolute atomic E-state index is 0.0334. The number of furan rings is 1. The molecule has 1 aliphatic carbocycles. The number of hydrogen-bond donors (Lipinski definition) is 0. The summed E-state index contributed by atoms with van der Waals surface area (Å²) in [7, 11) is -3.59. The van der Waals surface area contributed by atoms with Crippen molar-refractivity contribution in [3.05, 3.63) is 17.9 Å². The van der Waals surface area contributed by atoms with Crippen molar-refractivity contribution in [1.82, 2.24) is 4.31 Å². The SMILES string of the molecule is CCN(CC1CC1)S(=O)(=O)c1ccc(C=O)o1. The molecule has 94 valence electrons. The lowest BCUT2D eigenvalue weighted by Crippen LogP contribution is -2.32. The first-order valence-corrected chi connectivity index (χ1v) is 7.07. The Hall–Kier alpha value is -1.14. The first-order valence-electron chi connectivity index (χ1n) is 5.63. The van der Waals surface area contributed by atoms with Gasteiger partial charge in [0.15, 0.2) is 12.0 Å². The summed E-state index contributed by atoms with van der Waals surface area (Å²) in [4.78, 5) is 10.5. The van der Waals surface area contributed by atoms with Crippen molar-refractivity contribution in [3.63, 3.8) is 0 Å². The molecule has 0 saturated heterocycles. The van der Waals surface area contributed by atoms with Gasteiger partial charge in [-0.2, -0.15) is 4.31 Å². The van der Waals surface area contributed by atoms with E-state index in [-0.39, 0.29) is 10.9 Å². The molecule has 1 fully saturated rings. The van der Waals surface area contributed by atoms with Crippen LogP contribution in [0.1, 0.15) is 30.3 Å². The lowest BCUT2D eigenvalue weighted by molar-refractivity contribution is 0.109. The third-order valence-electron chi connectivity index (χ3n) is 2.82. The quantitative estimate of drug-likeness (QED) is 0.724. The van der Waals surface area contributed by atoms with Gasteiger partial charge in [-0.3, -0.25) is 4.79 Å². The molecule has 0 amide bonds. The largest absolute Gasteiger partial charge is 0.440 e. The Morgan fingerprint density at radius 3 is 2.65 bits per heavy atom. The molecule has 0 bridgehead atoms. The molecule has 1 aliphatic rings. The van der Waals surface area contributed by atoms with Gasteiger partial charge in [-0.05, 0) is 30.9 Å². The molecule has 0 aromatic carbocycles. The highest BCUT2D eigenvalue weighted by Gasteiger charge is 2.32. The van der Waals surface area contributed by atoms with E-state index in [0.717, 1.165) is 12.8 Å². The molecule has 0 atom stereocenters. The molecule has 1 aromatic rings. The van der Waals surface area contributed by atoms with Crippen molar-refractivity contribution in [1.29, 1.82) is 0 Å². The van der Waals surface area contributed by atoms with Gasteiger partial charge in [0.2, 0.25) is 5.09 Å². The molecule has 17 heavy (non-hydrogen) atoms. The van der Waals surface area contributed by atoms with Crippen molar-refractivity contribution >= 4 is 16.3 Å². The van der Waals surface area contributed by atoms with Gasteiger partial charge in [-0.25, -0.2) is 8.42 Å². The van der Waals surface area contributed by atoms with E-state index in [0.29, 0.717) is 25.3 Å². The Balaban J connectivity index is 2.22. The summed E-state index contributed by atoms with van der Waals surface area (Å²) in [5.41, 5.74) is 0. The Kier molecular flexibility index (Phi) is 3.35. The zero-order valence-electron chi connectivity index (χ0n) is 9.63. The normalized spacial score (nSPS) is 16.4. The lowest BCUT2D eigenvalue weighted by atomic mass is 10.4. The van der Waals surface area contributed by atoms with E-state index in [1.165, 1.54) is 16.4 Å². The van der Waals surface area contributed by atoms with Crippen molar-refractivity contribution in [2.75, 3.05) is 13.1 Å². The third-order valence-corrected chi connectivity index (χ3v) is 4.64. The first kappa shape index (κ1) is 12.3. The standard InChI is InChI=1S/C11H15NO4S/c1-2-12(7-9-3-4-9)17(14,15)11-6-5-10(8-13)16-11/h5-6,8-9H,2-4,7H2,1H3. The summed E-state index contributed by atoms with van der Waals surface area (Å²) < 4.78 is 30.7. The van der Waals surface area contributed by atoms with Crippen LogP contribution < -0.4 is 0 Å². The molecule has 0 aliphatic heterocycles. The fraction of sp³-hybridized carbons (Fsp3) is 0.545. The fourth-order valence-electron chi connectivity index (χ4n) is 1.65. The van der Waals surface area contributed by atoms with E-state index >= 15 is 0 Å². The van der Waals surface area contributed by atoms with E-state index in [4.69, 9.17) is 4.42 Å². The highest BCUT2D eigenvalue weighted by atomic mass is 32.2. The second-order valence-corrected chi connectivity index (χ2v) is 6.04. The second-order valence-electron chi connectivity index (χ2n) is 4.17. The highest BCUT2D eigenvalue weighted by Crippen LogP contribution is 2.31. The summed E-state index contributed by atoms with van der Waals surface area (Å²) in [6.07, 6.45) is 2.67. The van der Waals surface area contributed by atoms with Crippen LogP contribution in [-0.2, 0) is 10.0 Å². The van der Waals surface area contributed by atoms with Gasteiger partial charge in [0.05, 0.1) is 0 Å². The van der Waals surface area contributed by atoms with Gasteiger partial charge in [-0.15, -0.1) is 0 Å². The second kappa shape index (κ2) is 4.62. The molecule has 6 heteroatoms. The summed E-state index contributed by atoms with van der Waals surface area (Å²) in [5.74, 6) is 0.510. The van der Waals surface area contributed by atoms with Crippen LogP contribution in [0, 0.1) is 5.92 Å². The molecule has 1 aromatic heterocycles. The number of carbonyl (C=O) groups excluding carboxylic acids is 1. The molecule has 2 rings (SSSR count). The third kappa shape index (κ3) is 2.58. The minimum Gasteiger partial charge on any atom is -0.440 e. The van der Waals surface area contributed by atoms with Crippen LogP contribution in [-0.4, -0.2) is 32.1 Å². The van der Waals surface area contributed by atoms with Crippen LogP contribution in [0.2, 0.25) is 0 Å². The number of hydrogen-bond acceptors (Lipinski definition) is 4. The number of rotatable bonds is 6. The van der Waals surface area contributed by atoms with E-state index in [2.05, 4.69) is 0 Å². The molecule has 0 N–H and O–H groups in total. The summed E-state index contributed by atoms with van der Waals surface area (Å²) in [5, 5.41) is -0.151. The first-order chi connectivity index (χ1) is 8.07. The molecule has 0 spiro atoms. The van der Waals surface area contributed by atoms with Crippen molar-refractivity contribution in [2.45, 2.75) is 24.9 Å². The number of sulfonamides is 1. The zero-order chi connectivity index (χ0) is 12.5. The molecule has 5 nitrogen and oxygen atoms in total. The van der Waals surface area contributed by atoms with Gasteiger partial charge < -0.3 is 4.42 Å². The van der Waals surface area contributed by atoms with Crippen LogP contribution in [0.15, 0.2) is 21.6 Å². The average molecular weight is 257 g/mol. The lowest BCUT2D eigenvalue weighted by Gasteiger charge is -2.18. The molecule has 1 saturated carbocycles. The van der Waals surface area contributed by atoms with Gasteiger partial charge >= 0.3 is 0 Å². The van der Waals surface area contributed by atoms with Gasteiger partial charge in [0.1, 0.15) is 0 Å². The zero-order valence-corrected chi connectivity index (χ0v) is 10.4. The topological polar surface area (TPSA) is 67.6 Å². The Morgan fingerprint density at radius 1 is 1.47 bits per heavy atom. The van der Waals surface area contributed by atoms with Crippen LogP contribution in [0.25, 0.3) is 0 Å². The average Bonchev–Trinajstić information content (AvgIpc) is 2.99. The smallest absolute Gasteiger partial charge is 0.276 e. The highest BCUT2D eigenvalue weighted by molar-refractivity contribution is 7.89. The van der Waals surface area contributed by atoms with E-state index in [1.807, 2.05) is 0 Å². The summed E-state index contributed by atoms with van der Waals surface area (Å²) in [6.45, 7) is 2.75.